The number of carbonyl (C=O) groups excluding carboxylic acids is 1. The van der Waals surface area contributed by atoms with Crippen molar-refractivity contribution in [3.63, 3.8) is 0 Å². The molecule has 2 N–H and O–H groups in total. The van der Waals surface area contributed by atoms with Crippen LogP contribution >= 0.6 is 0 Å². The maximum absolute atomic E-state index is 13.1. The molecule has 2 bridgehead atoms. The largest absolute Gasteiger partial charge is 0.431 e. The molecule has 3 atom stereocenters. The number of nitrogens with zero attached hydrogens (tertiary/aromatic N) is 2. The normalized spacial score (nSPS) is 26.3. The number of aromatic nitrogens is 2. The lowest BCUT2D eigenvalue weighted by Gasteiger charge is -2.20. The highest BCUT2D eigenvalue weighted by Crippen LogP contribution is 2.28. The smallest absolute Gasteiger partial charge is 0.307 e. The minimum Gasteiger partial charge on any atom is -0.431 e. The summed E-state index contributed by atoms with van der Waals surface area (Å²) in [5, 5.41) is 6.41. The van der Waals surface area contributed by atoms with Gasteiger partial charge in [-0.15, -0.1) is 0 Å². The van der Waals surface area contributed by atoms with E-state index in [-0.39, 0.29) is 23.6 Å². The predicted octanol–water partition coefficient (Wildman–Crippen LogP) is 1.50. The minimum absolute atomic E-state index is 0.0242. The third kappa shape index (κ3) is 2.37. The third-order valence-electron chi connectivity index (χ3n) is 4.28. The quantitative estimate of drug-likeness (QED) is 0.840. The van der Waals surface area contributed by atoms with Gasteiger partial charge in [0.1, 0.15) is 5.69 Å². The fourth-order valence-electron chi connectivity index (χ4n) is 3.26. The molecule has 4 heterocycles. The van der Waals surface area contributed by atoms with Gasteiger partial charge in [-0.05, 0) is 31.4 Å². The first kappa shape index (κ1) is 13.4. The van der Waals surface area contributed by atoms with Crippen LogP contribution in [0.4, 0.5) is 4.39 Å². The molecule has 1 amide bonds. The molecule has 0 aromatic carbocycles. The van der Waals surface area contributed by atoms with Crippen molar-refractivity contribution in [3.8, 4) is 11.5 Å². The molecular weight excluding hydrogens is 287 g/mol. The highest BCUT2D eigenvalue weighted by atomic mass is 19.1. The average Bonchev–Trinajstić information content (AvgIpc) is 3.23. The zero-order valence-electron chi connectivity index (χ0n) is 11.8. The molecule has 2 aromatic rings. The number of halogens is 1. The van der Waals surface area contributed by atoms with Gasteiger partial charge in [0.25, 0.3) is 5.89 Å². The Kier molecular flexibility index (Phi) is 3.15. The second-order valence-electron chi connectivity index (χ2n) is 5.74. The minimum atomic E-state index is -0.604. The van der Waals surface area contributed by atoms with Gasteiger partial charge in [-0.2, -0.15) is 4.39 Å². The van der Waals surface area contributed by atoms with Crippen molar-refractivity contribution in [1.29, 1.82) is 0 Å². The van der Waals surface area contributed by atoms with Crippen molar-refractivity contribution in [1.82, 2.24) is 20.6 Å². The Balaban J connectivity index is 1.48. The maximum Gasteiger partial charge on any atom is 0.307 e. The maximum atomic E-state index is 13.1. The Morgan fingerprint density at radius 3 is 3.05 bits per heavy atom. The summed E-state index contributed by atoms with van der Waals surface area (Å²) in [5.74, 6) is -0.700. The summed E-state index contributed by atoms with van der Waals surface area (Å²) in [7, 11) is 0. The Labute approximate surface area is 126 Å². The van der Waals surface area contributed by atoms with Crippen LogP contribution in [0.3, 0.4) is 0 Å². The number of pyridine rings is 1. The van der Waals surface area contributed by atoms with E-state index in [1.54, 1.807) is 6.07 Å². The lowest BCUT2D eigenvalue weighted by atomic mass is 9.95. The molecule has 4 rings (SSSR count). The van der Waals surface area contributed by atoms with Crippen LogP contribution in [0.15, 0.2) is 28.8 Å². The first-order valence-corrected chi connectivity index (χ1v) is 7.35. The molecule has 0 aliphatic carbocycles. The van der Waals surface area contributed by atoms with E-state index in [2.05, 4.69) is 20.6 Å². The summed E-state index contributed by atoms with van der Waals surface area (Å²) >= 11 is 0. The van der Waals surface area contributed by atoms with Gasteiger partial charge in [-0.25, -0.2) is 9.97 Å². The van der Waals surface area contributed by atoms with Crippen LogP contribution in [0.1, 0.15) is 29.9 Å². The van der Waals surface area contributed by atoms with Crippen molar-refractivity contribution in [3.05, 3.63) is 36.2 Å². The molecule has 7 heteroatoms. The van der Waals surface area contributed by atoms with E-state index in [9.17, 15) is 9.18 Å². The molecule has 2 saturated heterocycles. The van der Waals surface area contributed by atoms with Crippen molar-refractivity contribution in [2.45, 2.75) is 37.4 Å². The van der Waals surface area contributed by atoms with Crippen LogP contribution < -0.4 is 10.6 Å². The molecule has 0 spiro atoms. The van der Waals surface area contributed by atoms with Gasteiger partial charge in [0, 0.05) is 18.1 Å². The fourth-order valence-corrected chi connectivity index (χ4v) is 3.26. The Morgan fingerprint density at radius 2 is 2.32 bits per heavy atom. The predicted molar refractivity (Wildman–Crippen MR) is 75.5 cm³/mol. The number of oxazole rings is 1. The first-order chi connectivity index (χ1) is 10.7. The van der Waals surface area contributed by atoms with Gasteiger partial charge in [0.15, 0.2) is 5.76 Å². The molecule has 22 heavy (non-hydrogen) atoms. The van der Waals surface area contributed by atoms with Gasteiger partial charge >= 0.3 is 5.91 Å². The van der Waals surface area contributed by atoms with Gasteiger partial charge in [0.2, 0.25) is 5.95 Å². The van der Waals surface area contributed by atoms with Crippen LogP contribution in [-0.4, -0.2) is 34.0 Å². The number of rotatable bonds is 3. The Hall–Kier alpha value is -2.28. The van der Waals surface area contributed by atoms with E-state index in [1.807, 2.05) is 0 Å². The number of hydrogen-bond donors (Lipinski definition) is 2. The van der Waals surface area contributed by atoms with Crippen LogP contribution in [-0.2, 0) is 0 Å². The number of carbonyl (C=O) groups is 1. The monoisotopic (exact) mass is 302 g/mol. The number of fused-ring (bicyclic) bond motifs is 2. The van der Waals surface area contributed by atoms with Gasteiger partial charge < -0.3 is 15.1 Å². The molecular formula is C15H15FN4O2. The third-order valence-corrected chi connectivity index (χ3v) is 4.28. The summed E-state index contributed by atoms with van der Waals surface area (Å²) in [6, 6.07) is 5.34. The molecule has 2 fully saturated rings. The van der Waals surface area contributed by atoms with Crippen molar-refractivity contribution >= 4 is 5.91 Å². The Morgan fingerprint density at radius 1 is 1.41 bits per heavy atom. The molecule has 2 aliphatic heterocycles. The standard InChI is InChI=1S/C15H15FN4O2/c16-13-3-1-2-10(19-13)12-7-17-15(22-12)14(21)20-11-6-8-4-5-9(11)18-8/h1-3,7-9,11,18H,4-6H2,(H,20,21). The lowest BCUT2D eigenvalue weighted by molar-refractivity contribution is 0.0896. The second-order valence-corrected chi connectivity index (χ2v) is 5.74. The number of nitrogens with one attached hydrogen (secondary N) is 2. The molecule has 0 saturated carbocycles. The Bertz CT molecular complexity index is 717. The zero-order chi connectivity index (χ0) is 15.1. The van der Waals surface area contributed by atoms with E-state index in [1.165, 1.54) is 24.8 Å². The van der Waals surface area contributed by atoms with E-state index in [0.717, 1.165) is 12.8 Å². The molecule has 3 unspecified atom stereocenters. The molecule has 2 aromatic heterocycles. The summed E-state index contributed by atoms with van der Waals surface area (Å²) in [6.07, 6.45) is 4.58. The van der Waals surface area contributed by atoms with Crippen LogP contribution in [0.5, 0.6) is 0 Å². The SMILES string of the molecule is O=C(NC1CC2CCC1N2)c1ncc(-c2cccc(F)n2)o1. The van der Waals surface area contributed by atoms with Crippen molar-refractivity contribution in [2.24, 2.45) is 0 Å². The van der Waals surface area contributed by atoms with Crippen LogP contribution in [0.2, 0.25) is 0 Å². The second kappa shape index (κ2) is 5.17. The highest BCUT2D eigenvalue weighted by Gasteiger charge is 2.40. The van der Waals surface area contributed by atoms with Crippen molar-refractivity contribution in [2.75, 3.05) is 0 Å². The molecule has 2 aliphatic rings. The van der Waals surface area contributed by atoms with Crippen molar-refractivity contribution < 1.29 is 13.6 Å². The zero-order valence-corrected chi connectivity index (χ0v) is 11.8. The molecule has 114 valence electrons. The van der Waals surface area contributed by atoms with E-state index >= 15 is 0 Å². The van der Waals surface area contributed by atoms with Gasteiger partial charge in [-0.1, -0.05) is 6.07 Å². The van der Waals surface area contributed by atoms with E-state index < -0.39 is 5.95 Å². The van der Waals surface area contributed by atoms with Crippen LogP contribution in [0, 0.1) is 5.95 Å². The fraction of sp³-hybridized carbons (Fsp3) is 0.400. The van der Waals surface area contributed by atoms with E-state index in [4.69, 9.17) is 4.42 Å². The number of amides is 1. The summed E-state index contributed by atoms with van der Waals surface area (Å²) < 4.78 is 18.5. The van der Waals surface area contributed by atoms with E-state index in [0.29, 0.717) is 17.8 Å². The molecule has 0 radical (unpaired) electrons. The average molecular weight is 302 g/mol. The summed E-state index contributed by atoms with van der Waals surface area (Å²) in [6.45, 7) is 0. The van der Waals surface area contributed by atoms with Gasteiger partial charge in [0.05, 0.1) is 6.20 Å². The highest BCUT2D eigenvalue weighted by molar-refractivity contribution is 5.90. The van der Waals surface area contributed by atoms with Gasteiger partial charge in [-0.3, -0.25) is 4.79 Å². The topological polar surface area (TPSA) is 80.0 Å². The van der Waals surface area contributed by atoms with Crippen LogP contribution in [0.25, 0.3) is 11.5 Å². The molecule has 6 nitrogen and oxygen atoms in total. The lowest BCUT2D eigenvalue weighted by Crippen LogP contribution is -2.43. The summed E-state index contributed by atoms with van der Waals surface area (Å²) in [5.41, 5.74) is 0.313. The first-order valence-electron chi connectivity index (χ1n) is 7.35. The summed E-state index contributed by atoms with van der Waals surface area (Å²) in [4.78, 5) is 19.9. The number of hydrogen-bond acceptors (Lipinski definition) is 5.